The van der Waals surface area contributed by atoms with Crippen LogP contribution in [0.5, 0.6) is 5.75 Å². The number of rotatable bonds is 5. The zero-order valence-electron chi connectivity index (χ0n) is 17.9. The highest BCUT2D eigenvalue weighted by Crippen LogP contribution is 2.37. The number of hydrogen-bond donors (Lipinski definition) is 2. The van der Waals surface area contributed by atoms with Crippen molar-refractivity contribution in [2.24, 2.45) is 0 Å². The van der Waals surface area contributed by atoms with Crippen LogP contribution in [0.3, 0.4) is 0 Å². The Balaban J connectivity index is 1.54. The molecule has 4 aromatic rings. The van der Waals surface area contributed by atoms with Gasteiger partial charge in [-0.1, -0.05) is 6.07 Å². The minimum Gasteiger partial charge on any atom is -0.496 e. The first-order chi connectivity index (χ1) is 16.2. The molecule has 0 fully saturated rings. The molecule has 0 aliphatic carbocycles. The SMILES string of the molecule is COc1ccc(C(=O)Nc2ccc(C)c(NC(=O)c3cc4nccnc4s3)c2)cc1C(F)(F)F. The topological polar surface area (TPSA) is 93.2 Å². The second-order valence-electron chi connectivity index (χ2n) is 7.21. The average Bonchev–Trinajstić information content (AvgIpc) is 3.25. The van der Waals surface area contributed by atoms with Crippen molar-refractivity contribution in [3.05, 3.63) is 76.4 Å². The van der Waals surface area contributed by atoms with Gasteiger partial charge in [0.15, 0.2) is 0 Å². The number of fused-ring (bicyclic) bond motifs is 1. The molecular formula is C23H17F3N4O3S. The van der Waals surface area contributed by atoms with Gasteiger partial charge in [0.1, 0.15) is 16.1 Å². The monoisotopic (exact) mass is 486 g/mol. The van der Waals surface area contributed by atoms with Crippen LogP contribution in [0.4, 0.5) is 24.5 Å². The van der Waals surface area contributed by atoms with Crippen LogP contribution in [-0.4, -0.2) is 28.9 Å². The molecule has 0 saturated carbocycles. The van der Waals surface area contributed by atoms with E-state index in [4.69, 9.17) is 4.74 Å². The smallest absolute Gasteiger partial charge is 0.419 e. The van der Waals surface area contributed by atoms with Gasteiger partial charge in [-0.25, -0.2) is 4.98 Å². The first kappa shape index (κ1) is 23.2. The molecule has 4 rings (SSSR count). The highest BCUT2D eigenvalue weighted by molar-refractivity contribution is 7.20. The summed E-state index contributed by atoms with van der Waals surface area (Å²) in [7, 11) is 1.12. The Kier molecular flexibility index (Phi) is 6.20. The Morgan fingerprint density at radius 3 is 2.44 bits per heavy atom. The molecule has 0 spiro atoms. The number of amides is 2. The second-order valence-corrected chi connectivity index (χ2v) is 8.24. The lowest BCUT2D eigenvalue weighted by Gasteiger charge is -2.14. The number of aromatic nitrogens is 2. The molecule has 0 aliphatic heterocycles. The van der Waals surface area contributed by atoms with E-state index in [1.165, 1.54) is 35.9 Å². The van der Waals surface area contributed by atoms with Crippen LogP contribution in [0.25, 0.3) is 10.3 Å². The number of nitrogens with zero attached hydrogens (tertiary/aromatic N) is 2. The Morgan fingerprint density at radius 1 is 0.971 bits per heavy atom. The van der Waals surface area contributed by atoms with E-state index in [0.717, 1.165) is 24.8 Å². The van der Waals surface area contributed by atoms with Gasteiger partial charge in [-0.2, -0.15) is 13.2 Å². The molecule has 7 nitrogen and oxygen atoms in total. The minimum atomic E-state index is -4.68. The standard InChI is InChI=1S/C23H17F3N4O3S/c1-12-3-5-14(29-20(31)13-4-6-18(33-2)15(9-13)23(24,25)26)10-16(12)30-21(32)19-11-17-22(34-19)28-8-7-27-17/h3-11H,1-2H3,(H,29,31)(H,30,32). The van der Waals surface area contributed by atoms with Crippen molar-refractivity contribution in [2.45, 2.75) is 13.1 Å². The number of carbonyl (C=O) groups excluding carboxylic acids is 2. The fourth-order valence-corrected chi connectivity index (χ4v) is 4.03. The van der Waals surface area contributed by atoms with Gasteiger partial charge in [0.25, 0.3) is 11.8 Å². The van der Waals surface area contributed by atoms with E-state index in [1.54, 1.807) is 25.1 Å². The van der Waals surface area contributed by atoms with Crippen molar-refractivity contribution in [2.75, 3.05) is 17.7 Å². The van der Waals surface area contributed by atoms with E-state index in [1.807, 2.05) is 0 Å². The molecule has 2 amide bonds. The molecule has 34 heavy (non-hydrogen) atoms. The maximum Gasteiger partial charge on any atom is 0.419 e. The number of halogens is 3. The van der Waals surface area contributed by atoms with Crippen LogP contribution in [0, 0.1) is 6.92 Å². The lowest BCUT2D eigenvalue weighted by Crippen LogP contribution is -2.15. The number of thiophene rings is 1. The third-order valence-electron chi connectivity index (χ3n) is 4.90. The van der Waals surface area contributed by atoms with Crippen molar-refractivity contribution in [3.63, 3.8) is 0 Å². The summed E-state index contributed by atoms with van der Waals surface area (Å²) < 4.78 is 44.6. The molecule has 0 saturated heterocycles. The third kappa shape index (κ3) is 4.84. The molecule has 0 atom stereocenters. The Bertz CT molecular complexity index is 1370. The van der Waals surface area contributed by atoms with Crippen LogP contribution in [0.15, 0.2) is 54.9 Å². The fourth-order valence-electron chi connectivity index (χ4n) is 3.18. The number of nitrogens with one attached hydrogen (secondary N) is 2. The number of methoxy groups -OCH3 is 1. The number of carbonyl (C=O) groups is 2. The summed E-state index contributed by atoms with van der Waals surface area (Å²) in [6.07, 6.45) is -1.61. The van der Waals surface area contributed by atoms with Crippen molar-refractivity contribution in [3.8, 4) is 5.75 Å². The van der Waals surface area contributed by atoms with Gasteiger partial charge in [0.2, 0.25) is 0 Å². The Labute approximate surface area is 195 Å². The maximum absolute atomic E-state index is 13.3. The van der Waals surface area contributed by atoms with Crippen molar-refractivity contribution >= 4 is 44.9 Å². The van der Waals surface area contributed by atoms with Gasteiger partial charge in [-0.15, -0.1) is 11.3 Å². The normalized spacial score (nSPS) is 11.3. The van der Waals surface area contributed by atoms with Gasteiger partial charge in [-0.3, -0.25) is 14.6 Å². The molecule has 2 N–H and O–H groups in total. The number of hydrogen-bond acceptors (Lipinski definition) is 6. The highest BCUT2D eigenvalue weighted by atomic mass is 32.1. The van der Waals surface area contributed by atoms with E-state index in [9.17, 15) is 22.8 Å². The average molecular weight is 486 g/mol. The van der Waals surface area contributed by atoms with Gasteiger partial charge in [0, 0.05) is 29.3 Å². The molecule has 0 bridgehead atoms. The fraction of sp³-hybridized carbons (Fsp3) is 0.130. The largest absolute Gasteiger partial charge is 0.496 e. The third-order valence-corrected chi connectivity index (χ3v) is 5.93. The second kappa shape index (κ2) is 9.10. The minimum absolute atomic E-state index is 0.190. The summed E-state index contributed by atoms with van der Waals surface area (Å²) in [5.74, 6) is -1.49. The first-order valence-corrected chi connectivity index (χ1v) is 10.7. The van der Waals surface area contributed by atoms with Crippen LogP contribution in [0.2, 0.25) is 0 Å². The summed E-state index contributed by atoms with van der Waals surface area (Å²) in [4.78, 5) is 34.7. The van der Waals surface area contributed by atoms with Crippen LogP contribution in [0.1, 0.15) is 31.2 Å². The van der Waals surface area contributed by atoms with Crippen LogP contribution in [-0.2, 0) is 6.18 Å². The number of anilines is 2. The maximum atomic E-state index is 13.3. The first-order valence-electron chi connectivity index (χ1n) is 9.85. The molecule has 0 aliphatic rings. The zero-order valence-corrected chi connectivity index (χ0v) is 18.7. The predicted molar refractivity (Wildman–Crippen MR) is 122 cm³/mol. The van der Waals surface area contributed by atoms with Crippen molar-refractivity contribution < 1.29 is 27.5 Å². The zero-order chi connectivity index (χ0) is 24.5. The Morgan fingerprint density at radius 2 is 1.74 bits per heavy atom. The number of ether oxygens (including phenoxy) is 1. The van der Waals surface area contributed by atoms with E-state index in [-0.39, 0.29) is 17.2 Å². The molecule has 0 radical (unpaired) electrons. The van der Waals surface area contributed by atoms with Crippen LogP contribution < -0.4 is 15.4 Å². The summed E-state index contributed by atoms with van der Waals surface area (Å²) in [6.45, 7) is 1.77. The quantitative estimate of drug-likeness (QED) is 0.387. The van der Waals surface area contributed by atoms with E-state index in [2.05, 4.69) is 20.6 Å². The van der Waals surface area contributed by atoms with Gasteiger partial charge in [-0.05, 0) is 48.9 Å². The van der Waals surface area contributed by atoms with Crippen molar-refractivity contribution in [1.29, 1.82) is 0 Å². The molecule has 2 heterocycles. The molecule has 11 heteroatoms. The summed E-state index contributed by atoms with van der Waals surface area (Å²) in [5.41, 5.74) is 0.832. The van der Waals surface area contributed by atoms with E-state index in [0.29, 0.717) is 26.6 Å². The van der Waals surface area contributed by atoms with Crippen LogP contribution >= 0.6 is 11.3 Å². The highest BCUT2D eigenvalue weighted by Gasteiger charge is 2.35. The summed E-state index contributed by atoms with van der Waals surface area (Å²) in [6, 6.07) is 9.48. The van der Waals surface area contributed by atoms with Gasteiger partial charge < -0.3 is 15.4 Å². The molecule has 2 aromatic heterocycles. The molecular weight excluding hydrogens is 469 g/mol. The number of alkyl halides is 3. The number of benzene rings is 2. The van der Waals surface area contributed by atoms with E-state index >= 15 is 0 Å². The molecule has 2 aromatic carbocycles. The summed E-state index contributed by atoms with van der Waals surface area (Å²) >= 11 is 1.19. The predicted octanol–water partition coefficient (Wildman–Crippen LogP) is 5.53. The van der Waals surface area contributed by atoms with Crippen molar-refractivity contribution in [1.82, 2.24) is 9.97 Å². The van der Waals surface area contributed by atoms with Gasteiger partial charge >= 0.3 is 6.18 Å². The van der Waals surface area contributed by atoms with E-state index < -0.39 is 17.6 Å². The lowest BCUT2D eigenvalue weighted by molar-refractivity contribution is -0.138. The molecule has 0 unspecified atom stereocenters. The lowest BCUT2D eigenvalue weighted by atomic mass is 10.1. The number of aryl methyl sites for hydroxylation is 1. The Hall–Kier alpha value is -3.99. The molecule has 174 valence electrons. The summed E-state index contributed by atoms with van der Waals surface area (Å²) in [5, 5.41) is 5.34. The van der Waals surface area contributed by atoms with Gasteiger partial charge in [0.05, 0.1) is 17.6 Å².